The first kappa shape index (κ1) is 18.3. The molecule has 2 rings (SSSR count). The van der Waals surface area contributed by atoms with Gasteiger partial charge in [-0.3, -0.25) is 4.79 Å². The predicted octanol–water partition coefficient (Wildman–Crippen LogP) is 3.59. The van der Waals surface area contributed by atoms with E-state index in [9.17, 15) is 18.0 Å². The highest BCUT2D eigenvalue weighted by molar-refractivity contribution is 6.01. The second kappa shape index (κ2) is 8.18. The lowest BCUT2D eigenvalue weighted by Gasteiger charge is -2.11. The molecule has 0 unspecified atom stereocenters. The second-order valence-corrected chi connectivity index (χ2v) is 4.89. The molecule has 0 heterocycles. The Morgan fingerprint density at radius 3 is 2.32 bits per heavy atom. The molecule has 0 bridgehead atoms. The first-order chi connectivity index (χ1) is 11.9. The number of ether oxygens (including phenoxy) is 2. The van der Waals surface area contributed by atoms with Crippen molar-refractivity contribution in [2.45, 2.75) is 13.5 Å². The van der Waals surface area contributed by atoms with E-state index in [0.29, 0.717) is 11.3 Å². The Balaban J connectivity index is 2.13. The van der Waals surface area contributed by atoms with Gasteiger partial charge in [-0.1, -0.05) is 0 Å². The number of amides is 1. The number of nitrogens with zero attached hydrogens (tertiary/aromatic N) is 1. The monoisotopic (exact) mass is 352 g/mol. The van der Waals surface area contributed by atoms with Gasteiger partial charge in [0.15, 0.2) is 11.5 Å². The van der Waals surface area contributed by atoms with E-state index in [1.54, 1.807) is 6.92 Å². The minimum absolute atomic E-state index is 0.107. The van der Waals surface area contributed by atoms with Gasteiger partial charge < -0.3 is 9.47 Å². The summed E-state index contributed by atoms with van der Waals surface area (Å²) in [6.45, 7) is -1.35. The topological polar surface area (TPSA) is 59.9 Å². The van der Waals surface area contributed by atoms with Crippen LogP contribution in [0.4, 0.5) is 13.2 Å². The van der Waals surface area contributed by atoms with Crippen molar-refractivity contribution in [2.75, 3.05) is 7.11 Å². The SMILES string of the molecule is COc1cc(/C(C)=N\NC(=O)c2ccc(F)cc2)ccc1OC(F)F. The van der Waals surface area contributed by atoms with Crippen LogP contribution in [0.3, 0.4) is 0 Å². The zero-order valence-corrected chi connectivity index (χ0v) is 13.4. The number of benzene rings is 2. The molecule has 0 fully saturated rings. The van der Waals surface area contributed by atoms with Gasteiger partial charge in [0.05, 0.1) is 12.8 Å². The van der Waals surface area contributed by atoms with Crippen LogP contribution in [0.5, 0.6) is 11.5 Å². The fourth-order valence-electron chi connectivity index (χ4n) is 1.95. The molecular formula is C17H15F3N2O3. The molecule has 1 N–H and O–H groups in total. The van der Waals surface area contributed by atoms with Gasteiger partial charge in [-0.15, -0.1) is 0 Å². The van der Waals surface area contributed by atoms with Crippen molar-refractivity contribution in [1.82, 2.24) is 5.43 Å². The van der Waals surface area contributed by atoms with Crippen LogP contribution in [0.15, 0.2) is 47.6 Å². The molecule has 0 aliphatic carbocycles. The average Bonchev–Trinajstić information content (AvgIpc) is 2.59. The molecule has 0 atom stereocenters. The number of nitrogens with one attached hydrogen (secondary N) is 1. The van der Waals surface area contributed by atoms with Crippen molar-refractivity contribution >= 4 is 11.6 Å². The van der Waals surface area contributed by atoms with E-state index in [4.69, 9.17) is 4.74 Å². The fraction of sp³-hybridized carbons (Fsp3) is 0.176. The standard InChI is InChI=1S/C17H15F3N2O3/c1-10(21-22-16(23)11-3-6-13(18)7-4-11)12-5-8-14(25-17(19)20)15(9-12)24-2/h3-9,17H,1-2H3,(H,22,23)/b21-10-. The Hall–Kier alpha value is -3.03. The van der Waals surface area contributed by atoms with Gasteiger partial charge in [-0.05, 0) is 49.4 Å². The van der Waals surface area contributed by atoms with Crippen LogP contribution in [0.2, 0.25) is 0 Å². The molecule has 0 aliphatic heterocycles. The molecule has 1 amide bonds. The van der Waals surface area contributed by atoms with Crippen molar-refractivity contribution in [1.29, 1.82) is 0 Å². The quantitative estimate of drug-likeness (QED) is 0.638. The average molecular weight is 352 g/mol. The molecule has 25 heavy (non-hydrogen) atoms. The van der Waals surface area contributed by atoms with Gasteiger partial charge in [0.25, 0.3) is 5.91 Å². The molecule has 2 aromatic carbocycles. The van der Waals surface area contributed by atoms with E-state index in [1.807, 2.05) is 0 Å². The van der Waals surface area contributed by atoms with Crippen LogP contribution in [-0.4, -0.2) is 25.3 Å². The lowest BCUT2D eigenvalue weighted by Crippen LogP contribution is -2.19. The van der Waals surface area contributed by atoms with Crippen LogP contribution in [0.1, 0.15) is 22.8 Å². The zero-order chi connectivity index (χ0) is 18.4. The van der Waals surface area contributed by atoms with Gasteiger partial charge in [0, 0.05) is 11.1 Å². The van der Waals surface area contributed by atoms with Crippen molar-refractivity contribution in [2.24, 2.45) is 5.10 Å². The van der Waals surface area contributed by atoms with E-state index < -0.39 is 18.3 Å². The normalized spacial score (nSPS) is 11.4. The molecule has 132 valence electrons. The molecule has 0 aliphatic rings. The summed E-state index contributed by atoms with van der Waals surface area (Å²) in [6.07, 6.45) is 0. The maximum absolute atomic E-state index is 12.8. The number of halogens is 3. The molecule has 0 aromatic heterocycles. The van der Waals surface area contributed by atoms with Crippen molar-refractivity contribution in [3.05, 3.63) is 59.4 Å². The largest absolute Gasteiger partial charge is 0.493 e. The second-order valence-electron chi connectivity index (χ2n) is 4.89. The minimum Gasteiger partial charge on any atom is -0.493 e. The van der Waals surface area contributed by atoms with Gasteiger partial charge in [-0.2, -0.15) is 13.9 Å². The number of carbonyl (C=O) groups excluding carboxylic acids is 1. The lowest BCUT2D eigenvalue weighted by molar-refractivity contribution is -0.0512. The van der Waals surface area contributed by atoms with E-state index in [0.717, 1.165) is 12.1 Å². The van der Waals surface area contributed by atoms with Crippen LogP contribution in [0, 0.1) is 5.82 Å². The molecule has 2 aromatic rings. The molecular weight excluding hydrogens is 337 g/mol. The van der Waals surface area contributed by atoms with Crippen LogP contribution >= 0.6 is 0 Å². The van der Waals surface area contributed by atoms with E-state index >= 15 is 0 Å². The predicted molar refractivity (Wildman–Crippen MR) is 85.7 cm³/mol. The summed E-state index contributed by atoms with van der Waals surface area (Å²) in [5, 5.41) is 3.94. The first-order valence-corrected chi connectivity index (χ1v) is 7.14. The summed E-state index contributed by atoms with van der Waals surface area (Å²) in [5.74, 6) is -0.958. The highest BCUT2D eigenvalue weighted by atomic mass is 19.3. The Kier molecular flexibility index (Phi) is 5.99. The Morgan fingerprint density at radius 2 is 1.72 bits per heavy atom. The van der Waals surface area contributed by atoms with Gasteiger partial charge in [-0.25, -0.2) is 9.82 Å². The Labute approximate surface area is 142 Å². The summed E-state index contributed by atoms with van der Waals surface area (Å²) in [6, 6.07) is 9.27. The van der Waals surface area contributed by atoms with Crippen LogP contribution in [-0.2, 0) is 0 Å². The summed E-state index contributed by atoms with van der Waals surface area (Å²) >= 11 is 0. The van der Waals surface area contributed by atoms with E-state index in [-0.39, 0.29) is 17.1 Å². The van der Waals surface area contributed by atoms with Crippen LogP contribution < -0.4 is 14.9 Å². The third kappa shape index (κ3) is 4.97. The van der Waals surface area contributed by atoms with Crippen LogP contribution in [0.25, 0.3) is 0 Å². The third-order valence-corrected chi connectivity index (χ3v) is 3.23. The molecule has 5 nitrogen and oxygen atoms in total. The molecule has 0 saturated heterocycles. The first-order valence-electron chi connectivity index (χ1n) is 7.14. The van der Waals surface area contributed by atoms with E-state index in [1.165, 1.54) is 37.4 Å². The molecule has 0 saturated carbocycles. The Bertz CT molecular complexity index is 777. The van der Waals surface area contributed by atoms with Crippen molar-refractivity contribution in [3.8, 4) is 11.5 Å². The van der Waals surface area contributed by atoms with Gasteiger partial charge >= 0.3 is 6.61 Å². The molecule has 0 spiro atoms. The third-order valence-electron chi connectivity index (χ3n) is 3.23. The van der Waals surface area contributed by atoms with E-state index in [2.05, 4.69) is 15.3 Å². The minimum atomic E-state index is -2.97. The summed E-state index contributed by atoms with van der Waals surface area (Å²) in [5.41, 5.74) is 3.54. The smallest absolute Gasteiger partial charge is 0.387 e. The highest BCUT2D eigenvalue weighted by Crippen LogP contribution is 2.29. The maximum atomic E-state index is 12.8. The maximum Gasteiger partial charge on any atom is 0.387 e. The van der Waals surface area contributed by atoms with Crippen molar-refractivity contribution < 1.29 is 27.4 Å². The number of hydrogen-bond donors (Lipinski definition) is 1. The number of alkyl halides is 2. The number of rotatable bonds is 6. The molecule has 8 heteroatoms. The zero-order valence-electron chi connectivity index (χ0n) is 13.4. The highest BCUT2D eigenvalue weighted by Gasteiger charge is 2.12. The van der Waals surface area contributed by atoms with Gasteiger partial charge in [0.1, 0.15) is 5.82 Å². The number of hydrogen-bond acceptors (Lipinski definition) is 4. The number of hydrazone groups is 1. The van der Waals surface area contributed by atoms with Gasteiger partial charge in [0.2, 0.25) is 0 Å². The Morgan fingerprint density at radius 1 is 1.08 bits per heavy atom. The lowest BCUT2D eigenvalue weighted by atomic mass is 10.1. The number of methoxy groups -OCH3 is 1. The van der Waals surface area contributed by atoms with Crippen molar-refractivity contribution in [3.63, 3.8) is 0 Å². The summed E-state index contributed by atoms with van der Waals surface area (Å²) < 4.78 is 46.8. The summed E-state index contributed by atoms with van der Waals surface area (Å²) in [4.78, 5) is 11.9. The fourth-order valence-corrected chi connectivity index (χ4v) is 1.95. The molecule has 0 radical (unpaired) electrons. The number of carbonyl (C=O) groups is 1. The summed E-state index contributed by atoms with van der Waals surface area (Å²) in [7, 11) is 1.32.